The summed E-state index contributed by atoms with van der Waals surface area (Å²) >= 11 is 0. The molecule has 1 saturated carbocycles. The summed E-state index contributed by atoms with van der Waals surface area (Å²) < 4.78 is 19.7. The topological polar surface area (TPSA) is 58.6 Å². The van der Waals surface area contributed by atoms with Crippen molar-refractivity contribution in [1.29, 1.82) is 0 Å². The number of anilines is 2. The summed E-state index contributed by atoms with van der Waals surface area (Å²) in [4.78, 5) is 29.4. The van der Waals surface area contributed by atoms with Crippen molar-refractivity contribution in [3.8, 4) is 5.75 Å². The van der Waals surface area contributed by atoms with E-state index in [2.05, 4.69) is 5.32 Å². The van der Waals surface area contributed by atoms with Crippen molar-refractivity contribution in [1.82, 2.24) is 0 Å². The van der Waals surface area contributed by atoms with E-state index >= 15 is 0 Å². The lowest BCUT2D eigenvalue weighted by Crippen LogP contribution is -2.39. The number of nitrogens with zero attached hydrogens (tertiary/aromatic N) is 1. The molecule has 6 heteroatoms. The molecule has 182 valence electrons. The zero-order valence-electron chi connectivity index (χ0n) is 20.0. The number of carbonyl (C=O) groups excluding carboxylic acids is 2. The van der Waals surface area contributed by atoms with Crippen molar-refractivity contribution in [3.05, 3.63) is 101 Å². The molecule has 3 aromatic rings. The maximum Gasteiger partial charge on any atom is 0.231 e. The van der Waals surface area contributed by atoms with Crippen LogP contribution < -0.4 is 15.0 Å². The number of rotatable bonds is 4. The zero-order chi connectivity index (χ0) is 24.8. The molecule has 1 heterocycles. The molecule has 2 aliphatic carbocycles. The average molecular weight is 483 g/mol. The highest BCUT2D eigenvalue weighted by molar-refractivity contribution is 6.07. The molecule has 0 saturated heterocycles. The van der Waals surface area contributed by atoms with Crippen LogP contribution in [0.3, 0.4) is 0 Å². The minimum Gasteiger partial charge on any atom is -0.497 e. The number of nitrogens with one attached hydrogen (secondary N) is 1. The van der Waals surface area contributed by atoms with Crippen LogP contribution in [-0.2, 0) is 9.59 Å². The van der Waals surface area contributed by atoms with Gasteiger partial charge in [0.15, 0.2) is 5.78 Å². The average Bonchev–Trinajstić information content (AvgIpc) is 3.74. The molecule has 0 aromatic heterocycles. The molecule has 1 N–H and O–H groups in total. The Morgan fingerprint density at radius 1 is 0.972 bits per heavy atom. The predicted molar refractivity (Wildman–Crippen MR) is 136 cm³/mol. The maximum absolute atomic E-state index is 14.5. The normalized spacial score (nSPS) is 21.3. The molecule has 1 aliphatic heterocycles. The number of halogens is 1. The molecule has 36 heavy (non-hydrogen) atoms. The Morgan fingerprint density at radius 3 is 2.47 bits per heavy atom. The highest BCUT2D eigenvalue weighted by Gasteiger charge is 2.45. The highest BCUT2D eigenvalue weighted by Crippen LogP contribution is 2.49. The van der Waals surface area contributed by atoms with Crippen LogP contribution in [0.4, 0.5) is 15.8 Å². The van der Waals surface area contributed by atoms with Crippen molar-refractivity contribution >= 4 is 23.1 Å². The minimum atomic E-state index is -0.690. The second-order valence-electron chi connectivity index (χ2n) is 9.78. The molecule has 0 unspecified atom stereocenters. The van der Waals surface area contributed by atoms with Crippen molar-refractivity contribution < 1.29 is 18.7 Å². The molecule has 5 nitrogen and oxygen atoms in total. The Balaban J connectivity index is 1.51. The molecule has 3 aromatic carbocycles. The SMILES string of the molecule is COc1ccc([C@@H]2CC(=O)C3=C(C2)Nc2ccccc2N(C(=O)C2CC2)[C@H]3c2cccc(F)c2)cc1. The number of Topliss-reactive ketones (excluding diaryl/α,β-unsaturated/α-hetero) is 1. The van der Waals surface area contributed by atoms with Crippen LogP contribution in [-0.4, -0.2) is 18.8 Å². The van der Waals surface area contributed by atoms with Gasteiger partial charge in [-0.05, 0) is 72.7 Å². The Kier molecular flexibility index (Phi) is 5.59. The monoisotopic (exact) mass is 482 g/mol. The van der Waals surface area contributed by atoms with Crippen molar-refractivity contribution in [2.75, 3.05) is 17.3 Å². The first-order valence-electron chi connectivity index (χ1n) is 12.4. The van der Waals surface area contributed by atoms with Gasteiger partial charge in [0.2, 0.25) is 5.91 Å². The zero-order valence-corrected chi connectivity index (χ0v) is 20.0. The number of carbonyl (C=O) groups is 2. The largest absolute Gasteiger partial charge is 0.497 e. The van der Waals surface area contributed by atoms with Gasteiger partial charge in [-0.2, -0.15) is 0 Å². The van der Waals surface area contributed by atoms with Crippen LogP contribution in [0.1, 0.15) is 48.8 Å². The number of para-hydroxylation sites is 2. The number of allylic oxidation sites excluding steroid dienone is 1. The van der Waals surface area contributed by atoms with Crippen LogP contribution in [0.25, 0.3) is 0 Å². The molecule has 2 atom stereocenters. The van der Waals surface area contributed by atoms with Gasteiger partial charge in [-0.3, -0.25) is 14.5 Å². The lowest BCUT2D eigenvalue weighted by atomic mass is 9.78. The van der Waals surface area contributed by atoms with Gasteiger partial charge in [0.1, 0.15) is 11.6 Å². The second kappa shape index (κ2) is 8.94. The molecule has 1 amide bonds. The smallest absolute Gasteiger partial charge is 0.231 e. The number of methoxy groups -OCH3 is 1. The van der Waals surface area contributed by atoms with Crippen molar-refractivity contribution in [2.24, 2.45) is 5.92 Å². The molecule has 0 radical (unpaired) electrons. The summed E-state index contributed by atoms with van der Waals surface area (Å²) in [5.74, 6) is 0.251. The molecule has 6 rings (SSSR count). The van der Waals surface area contributed by atoms with E-state index in [9.17, 15) is 14.0 Å². The minimum absolute atomic E-state index is 0.0133. The Labute approximate surface area is 209 Å². The number of fused-ring (bicyclic) bond motifs is 1. The molecular formula is C30H27FN2O3. The fourth-order valence-corrected chi connectivity index (χ4v) is 5.46. The first kappa shape index (κ1) is 22.5. The quantitative estimate of drug-likeness (QED) is 0.485. The Hall–Kier alpha value is -3.93. The first-order chi connectivity index (χ1) is 17.5. The molecule has 0 spiro atoms. The third-order valence-electron chi connectivity index (χ3n) is 7.40. The van der Waals surface area contributed by atoms with Crippen molar-refractivity contribution in [2.45, 2.75) is 37.6 Å². The van der Waals surface area contributed by atoms with E-state index in [4.69, 9.17) is 4.74 Å². The Bertz CT molecular complexity index is 1380. The van der Waals surface area contributed by atoms with E-state index in [0.717, 1.165) is 35.5 Å². The van der Waals surface area contributed by atoms with Crippen LogP contribution in [0.5, 0.6) is 5.75 Å². The van der Waals surface area contributed by atoms with Crippen LogP contribution in [0.2, 0.25) is 0 Å². The second-order valence-corrected chi connectivity index (χ2v) is 9.78. The van der Waals surface area contributed by atoms with E-state index in [-0.39, 0.29) is 23.5 Å². The third-order valence-corrected chi connectivity index (χ3v) is 7.40. The van der Waals surface area contributed by atoms with Gasteiger partial charge in [-0.1, -0.05) is 36.4 Å². The van der Waals surface area contributed by atoms with Gasteiger partial charge in [0.25, 0.3) is 0 Å². The van der Waals surface area contributed by atoms with E-state index in [1.807, 2.05) is 54.6 Å². The lowest BCUT2D eigenvalue weighted by molar-refractivity contribution is -0.120. The third kappa shape index (κ3) is 3.96. The number of benzene rings is 3. The fourth-order valence-electron chi connectivity index (χ4n) is 5.46. The predicted octanol–water partition coefficient (Wildman–Crippen LogP) is 6.14. The molecule has 1 fully saturated rings. The number of hydrogen-bond donors (Lipinski definition) is 1. The van der Waals surface area contributed by atoms with E-state index in [1.165, 1.54) is 12.1 Å². The van der Waals surface area contributed by atoms with Crippen LogP contribution >= 0.6 is 0 Å². The van der Waals surface area contributed by atoms with E-state index < -0.39 is 11.9 Å². The maximum atomic E-state index is 14.5. The van der Waals surface area contributed by atoms with E-state index in [1.54, 1.807) is 18.1 Å². The summed E-state index contributed by atoms with van der Waals surface area (Å²) in [5, 5.41) is 3.52. The van der Waals surface area contributed by atoms with Gasteiger partial charge < -0.3 is 10.1 Å². The summed E-state index contributed by atoms with van der Waals surface area (Å²) in [7, 11) is 1.63. The number of amides is 1. The number of ketones is 1. The molecule has 3 aliphatic rings. The van der Waals surface area contributed by atoms with Crippen LogP contribution in [0, 0.1) is 11.7 Å². The van der Waals surface area contributed by atoms with Gasteiger partial charge in [0, 0.05) is 23.6 Å². The van der Waals surface area contributed by atoms with Gasteiger partial charge >= 0.3 is 0 Å². The summed E-state index contributed by atoms with van der Waals surface area (Å²) in [6.07, 6.45) is 2.60. The van der Waals surface area contributed by atoms with Gasteiger partial charge in [-0.15, -0.1) is 0 Å². The number of hydrogen-bond acceptors (Lipinski definition) is 4. The van der Waals surface area contributed by atoms with Crippen LogP contribution in [0.15, 0.2) is 84.1 Å². The standard InChI is InChI=1S/C30H27FN2O3/c1-36-23-13-11-18(12-14-23)21-16-25-28(27(34)17-21)29(20-5-4-6-22(31)15-20)33(30(35)19-9-10-19)26-8-3-2-7-24(26)32-25/h2-8,11-15,19,21,29,32H,9-10,16-17H2,1H3/t21-,29-/m0/s1. The van der Waals surface area contributed by atoms with Crippen molar-refractivity contribution in [3.63, 3.8) is 0 Å². The first-order valence-corrected chi connectivity index (χ1v) is 12.4. The molecule has 0 bridgehead atoms. The summed E-state index contributed by atoms with van der Waals surface area (Å²) in [5.41, 5.74) is 4.50. The van der Waals surface area contributed by atoms with E-state index in [0.29, 0.717) is 29.7 Å². The highest BCUT2D eigenvalue weighted by atomic mass is 19.1. The van der Waals surface area contributed by atoms with Gasteiger partial charge in [-0.25, -0.2) is 4.39 Å². The number of ether oxygens (including phenoxy) is 1. The molecular weight excluding hydrogens is 455 g/mol. The summed E-state index contributed by atoms with van der Waals surface area (Å²) in [6, 6.07) is 21.0. The lowest BCUT2D eigenvalue weighted by Gasteiger charge is -2.35. The van der Waals surface area contributed by atoms with Gasteiger partial charge in [0.05, 0.1) is 24.5 Å². The Morgan fingerprint density at radius 2 is 1.75 bits per heavy atom. The summed E-state index contributed by atoms with van der Waals surface area (Å²) in [6.45, 7) is 0. The fraction of sp³-hybridized carbons (Fsp3) is 0.267.